The van der Waals surface area contributed by atoms with Gasteiger partial charge in [0.2, 0.25) is 5.89 Å². The molecule has 1 aromatic rings. The first kappa shape index (κ1) is 13.2. The fourth-order valence-corrected chi connectivity index (χ4v) is 1.69. The van der Waals surface area contributed by atoms with Crippen LogP contribution in [0.5, 0.6) is 0 Å². The normalized spacial score (nSPS) is 12.9. The Morgan fingerprint density at radius 3 is 2.75 bits per heavy atom. The Labute approximate surface area is 97.8 Å². The monoisotopic (exact) mass is 225 g/mol. The summed E-state index contributed by atoms with van der Waals surface area (Å²) < 4.78 is 5.31. The van der Waals surface area contributed by atoms with E-state index in [2.05, 4.69) is 36.2 Å². The molecule has 0 aliphatic rings. The standard InChI is InChI=1S/C12H23N3O/c1-4-7-8-10(5-2)12-14-11(15-16-12)9-13-6-3/h10,13H,4-9H2,1-3H3. The molecule has 1 atom stereocenters. The van der Waals surface area contributed by atoms with Gasteiger partial charge in [0.15, 0.2) is 5.82 Å². The van der Waals surface area contributed by atoms with Crippen LogP contribution in [0, 0.1) is 0 Å². The van der Waals surface area contributed by atoms with Crippen LogP contribution in [0.3, 0.4) is 0 Å². The second-order valence-electron chi connectivity index (χ2n) is 4.08. The topological polar surface area (TPSA) is 51.0 Å². The van der Waals surface area contributed by atoms with Crippen molar-refractivity contribution in [3.8, 4) is 0 Å². The van der Waals surface area contributed by atoms with Gasteiger partial charge >= 0.3 is 0 Å². The van der Waals surface area contributed by atoms with Crippen molar-refractivity contribution in [2.75, 3.05) is 6.54 Å². The van der Waals surface area contributed by atoms with E-state index in [1.165, 1.54) is 12.8 Å². The van der Waals surface area contributed by atoms with Gasteiger partial charge in [-0.05, 0) is 19.4 Å². The summed E-state index contributed by atoms with van der Waals surface area (Å²) in [5.41, 5.74) is 0. The van der Waals surface area contributed by atoms with Crippen LogP contribution < -0.4 is 5.32 Å². The minimum absolute atomic E-state index is 0.433. The first-order valence-electron chi connectivity index (χ1n) is 6.34. The number of nitrogens with one attached hydrogen (secondary N) is 1. The minimum Gasteiger partial charge on any atom is -0.339 e. The summed E-state index contributed by atoms with van der Waals surface area (Å²) in [5.74, 6) is 2.01. The largest absolute Gasteiger partial charge is 0.339 e. The van der Waals surface area contributed by atoms with Gasteiger partial charge in [-0.2, -0.15) is 4.98 Å². The molecule has 1 unspecified atom stereocenters. The van der Waals surface area contributed by atoms with Gasteiger partial charge in [0, 0.05) is 5.92 Å². The van der Waals surface area contributed by atoms with Crippen LogP contribution in [0.2, 0.25) is 0 Å². The highest BCUT2D eigenvalue weighted by molar-refractivity contribution is 4.93. The lowest BCUT2D eigenvalue weighted by Gasteiger charge is -2.07. The fourth-order valence-electron chi connectivity index (χ4n) is 1.69. The lowest BCUT2D eigenvalue weighted by Crippen LogP contribution is -2.12. The molecule has 0 aliphatic carbocycles. The number of unbranched alkanes of at least 4 members (excludes halogenated alkanes) is 1. The van der Waals surface area contributed by atoms with Crippen LogP contribution in [0.15, 0.2) is 4.52 Å². The fraction of sp³-hybridized carbons (Fsp3) is 0.833. The van der Waals surface area contributed by atoms with Crippen molar-refractivity contribution in [3.63, 3.8) is 0 Å². The molecule has 4 nitrogen and oxygen atoms in total. The predicted molar refractivity (Wildman–Crippen MR) is 64.2 cm³/mol. The summed E-state index contributed by atoms with van der Waals surface area (Å²) in [7, 11) is 0. The number of rotatable bonds is 8. The summed E-state index contributed by atoms with van der Waals surface area (Å²) in [6, 6.07) is 0. The molecule has 1 rings (SSSR count). The summed E-state index contributed by atoms with van der Waals surface area (Å²) in [6.45, 7) is 8.07. The second-order valence-corrected chi connectivity index (χ2v) is 4.08. The SMILES string of the molecule is CCCCC(CC)c1nc(CNCC)no1. The predicted octanol–water partition coefficient (Wildman–Crippen LogP) is 2.86. The molecule has 0 fully saturated rings. The first-order valence-corrected chi connectivity index (χ1v) is 6.34. The van der Waals surface area contributed by atoms with Gasteiger partial charge in [-0.1, -0.05) is 38.8 Å². The maximum atomic E-state index is 5.31. The quantitative estimate of drug-likeness (QED) is 0.739. The molecule has 1 heterocycles. The zero-order chi connectivity index (χ0) is 11.8. The van der Waals surface area contributed by atoms with E-state index >= 15 is 0 Å². The van der Waals surface area contributed by atoms with Crippen molar-refractivity contribution in [1.82, 2.24) is 15.5 Å². The molecule has 0 saturated carbocycles. The molecular formula is C12H23N3O. The third-order valence-corrected chi connectivity index (χ3v) is 2.77. The van der Waals surface area contributed by atoms with Crippen LogP contribution in [-0.2, 0) is 6.54 Å². The number of hydrogen-bond acceptors (Lipinski definition) is 4. The Balaban J connectivity index is 2.52. The van der Waals surface area contributed by atoms with Gasteiger partial charge in [-0.3, -0.25) is 0 Å². The molecule has 4 heteroatoms. The van der Waals surface area contributed by atoms with Gasteiger partial charge in [-0.15, -0.1) is 0 Å². The first-order chi connectivity index (χ1) is 7.81. The van der Waals surface area contributed by atoms with E-state index in [4.69, 9.17) is 4.52 Å². The third-order valence-electron chi connectivity index (χ3n) is 2.77. The van der Waals surface area contributed by atoms with Crippen LogP contribution >= 0.6 is 0 Å². The van der Waals surface area contributed by atoms with Crippen molar-refractivity contribution < 1.29 is 4.52 Å². The van der Waals surface area contributed by atoms with E-state index in [1.54, 1.807) is 0 Å². The van der Waals surface area contributed by atoms with Gasteiger partial charge in [0.25, 0.3) is 0 Å². The smallest absolute Gasteiger partial charge is 0.229 e. The van der Waals surface area contributed by atoms with Crippen molar-refractivity contribution in [2.24, 2.45) is 0 Å². The molecule has 0 aromatic carbocycles. The third kappa shape index (κ3) is 3.93. The molecule has 92 valence electrons. The highest BCUT2D eigenvalue weighted by Crippen LogP contribution is 2.23. The Morgan fingerprint density at radius 2 is 2.12 bits per heavy atom. The molecule has 0 bridgehead atoms. The molecule has 0 saturated heterocycles. The van der Waals surface area contributed by atoms with E-state index in [1.807, 2.05) is 0 Å². The molecule has 0 spiro atoms. The van der Waals surface area contributed by atoms with Crippen molar-refractivity contribution >= 4 is 0 Å². The zero-order valence-electron chi connectivity index (χ0n) is 10.6. The summed E-state index contributed by atoms with van der Waals surface area (Å²) in [6.07, 6.45) is 4.66. The Hall–Kier alpha value is -0.900. The van der Waals surface area contributed by atoms with Crippen LogP contribution in [-0.4, -0.2) is 16.7 Å². The maximum absolute atomic E-state index is 5.31. The van der Waals surface area contributed by atoms with E-state index in [-0.39, 0.29) is 0 Å². The van der Waals surface area contributed by atoms with Crippen molar-refractivity contribution in [1.29, 1.82) is 0 Å². The lowest BCUT2D eigenvalue weighted by molar-refractivity contribution is 0.336. The average Bonchev–Trinajstić information content (AvgIpc) is 2.76. The van der Waals surface area contributed by atoms with Gasteiger partial charge in [0.1, 0.15) is 0 Å². The van der Waals surface area contributed by atoms with E-state index in [0.29, 0.717) is 12.5 Å². The molecular weight excluding hydrogens is 202 g/mol. The van der Waals surface area contributed by atoms with E-state index in [0.717, 1.165) is 31.1 Å². The zero-order valence-corrected chi connectivity index (χ0v) is 10.6. The number of aromatic nitrogens is 2. The van der Waals surface area contributed by atoms with Gasteiger partial charge in [0.05, 0.1) is 6.54 Å². The Kier molecular flexibility index (Phi) is 6.08. The van der Waals surface area contributed by atoms with Gasteiger partial charge in [-0.25, -0.2) is 0 Å². The summed E-state index contributed by atoms with van der Waals surface area (Å²) in [4.78, 5) is 4.43. The van der Waals surface area contributed by atoms with Gasteiger partial charge < -0.3 is 9.84 Å². The number of nitrogens with zero attached hydrogens (tertiary/aromatic N) is 2. The van der Waals surface area contributed by atoms with Crippen LogP contribution in [0.25, 0.3) is 0 Å². The summed E-state index contributed by atoms with van der Waals surface area (Å²) >= 11 is 0. The van der Waals surface area contributed by atoms with E-state index < -0.39 is 0 Å². The number of hydrogen-bond donors (Lipinski definition) is 1. The second kappa shape index (κ2) is 7.39. The molecule has 0 radical (unpaired) electrons. The molecule has 1 aromatic heterocycles. The van der Waals surface area contributed by atoms with Crippen molar-refractivity contribution in [3.05, 3.63) is 11.7 Å². The highest BCUT2D eigenvalue weighted by atomic mass is 16.5. The molecule has 16 heavy (non-hydrogen) atoms. The minimum atomic E-state index is 0.433. The lowest BCUT2D eigenvalue weighted by atomic mass is 9.99. The average molecular weight is 225 g/mol. The van der Waals surface area contributed by atoms with Crippen molar-refractivity contribution in [2.45, 2.75) is 58.9 Å². The Bertz CT molecular complexity index is 286. The Morgan fingerprint density at radius 1 is 1.31 bits per heavy atom. The van der Waals surface area contributed by atoms with E-state index in [9.17, 15) is 0 Å². The molecule has 1 N–H and O–H groups in total. The highest BCUT2D eigenvalue weighted by Gasteiger charge is 2.16. The van der Waals surface area contributed by atoms with Crippen LogP contribution in [0.4, 0.5) is 0 Å². The summed E-state index contributed by atoms with van der Waals surface area (Å²) in [5, 5.41) is 7.18. The van der Waals surface area contributed by atoms with Crippen LogP contribution in [0.1, 0.15) is 64.1 Å². The maximum Gasteiger partial charge on any atom is 0.229 e. The molecule has 0 aliphatic heterocycles. The molecule has 0 amide bonds.